The number of ether oxygens (including phenoxy) is 3. The second kappa shape index (κ2) is 58.7. The van der Waals surface area contributed by atoms with Gasteiger partial charge in [-0.2, -0.15) is 0 Å². The molecule has 0 unspecified atom stereocenters. The van der Waals surface area contributed by atoms with E-state index >= 15 is 0 Å². The number of esters is 3. The molecule has 6 heteroatoms. The molecule has 0 aliphatic heterocycles. The van der Waals surface area contributed by atoms with Crippen molar-refractivity contribution >= 4 is 17.9 Å². The maximum atomic E-state index is 12.9. The third-order valence-electron chi connectivity index (χ3n) is 13.2. The summed E-state index contributed by atoms with van der Waals surface area (Å²) in [5.74, 6) is -0.885. The lowest BCUT2D eigenvalue weighted by Gasteiger charge is -2.18. The van der Waals surface area contributed by atoms with Gasteiger partial charge in [0.2, 0.25) is 0 Å². The molecule has 6 nitrogen and oxygen atoms in total. The van der Waals surface area contributed by atoms with Crippen LogP contribution in [0.25, 0.3) is 0 Å². The summed E-state index contributed by atoms with van der Waals surface area (Å²) in [5.41, 5.74) is 0. The molecule has 0 N–H and O–H groups in total. The lowest BCUT2D eigenvalue weighted by atomic mass is 10.0. The smallest absolute Gasteiger partial charge is 0.306 e. The van der Waals surface area contributed by atoms with E-state index in [1.165, 1.54) is 180 Å². The molecule has 0 radical (unpaired) electrons. The third-order valence-corrected chi connectivity index (χ3v) is 13.2. The molecule has 0 aliphatic carbocycles. The first kappa shape index (κ1) is 67.1. The number of hydrogen-bond acceptors (Lipinski definition) is 6. The first-order valence-electron chi connectivity index (χ1n) is 30.3. The molecule has 0 aliphatic rings. The summed E-state index contributed by atoms with van der Waals surface area (Å²) in [4.78, 5) is 38.2. The fourth-order valence-electron chi connectivity index (χ4n) is 8.66. The van der Waals surface area contributed by atoms with Crippen LogP contribution >= 0.6 is 0 Å². The maximum absolute atomic E-state index is 12.9. The fraction of sp³-hybridized carbons (Fsp3) is 0.797. The van der Waals surface area contributed by atoms with Crippen molar-refractivity contribution < 1.29 is 28.6 Å². The number of carbonyl (C=O) groups excluding carboxylic acids is 3. The minimum atomic E-state index is -0.783. The topological polar surface area (TPSA) is 78.9 Å². The standard InChI is InChI=1S/C64H114O6/c1-4-7-10-13-16-19-22-25-28-31-32-34-36-39-42-45-48-51-54-57-63(66)69-60-61(59-68-62(65)56-53-50-47-44-41-38-35-30-27-24-21-18-15-12-9-6-3)70-64(67)58-55-52-49-46-43-40-37-33-29-26-23-20-17-14-11-8-5-2/h16-17,19-20,25-26,28-29,32,34,61H,4-15,18,21-24,27,30-31,33,35-60H2,1-3H3/b19-16-,20-17-,28-25-,29-26-,34-32-/t61-/m1/s1. The molecule has 0 rings (SSSR count). The second-order valence-corrected chi connectivity index (χ2v) is 20.3. The molecule has 0 aromatic carbocycles. The van der Waals surface area contributed by atoms with Crippen LogP contribution in [0, 0.1) is 0 Å². The Morgan fingerprint density at radius 3 is 0.829 bits per heavy atom. The molecule has 0 amide bonds. The molecule has 70 heavy (non-hydrogen) atoms. The highest BCUT2D eigenvalue weighted by atomic mass is 16.6. The Labute approximate surface area is 434 Å². The van der Waals surface area contributed by atoms with Crippen LogP contribution in [0.4, 0.5) is 0 Å². The first-order valence-corrected chi connectivity index (χ1v) is 30.3. The molecule has 0 saturated carbocycles. The normalized spacial score (nSPS) is 12.4. The number of allylic oxidation sites excluding steroid dienone is 10. The largest absolute Gasteiger partial charge is 0.462 e. The highest BCUT2D eigenvalue weighted by Gasteiger charge is 2.19. The second-order valence-electron chi connectivity index (χ2n) is 20.3. The van der Waals surface area contributed by atoms with E-state index in [1.807, 2.05) is 0 Å². The number of carbonyl (C=O) groups is 3. The Balaban J connectivity index is 4.39. The van der Waals surface area contributed by atoms with Crippen LogP contribution in [0.3, 0.4) is 0 Å². The predicted molar refractivity (Wildman–Crippen MR) is 302 cm³/mol. The quantitative estimate of drug-likeness (QED) is 0.0261. The van der Waals surface area contributed by atoms with Crippen molar-refractivity contribution in [1.82, 2.24) is 0 Å². The summed E-state index contributed by atoms with van der Waals surface area (Å²) < 4.78 is 16.9. The van der Waals surface area contributed by atoms with Crippen molar-refractivity contribution in [2.24, 2.45) is 0 Å². The summed E-state index contributed by atoms with van der Waals surface area (Å²) >= 11 is 0. The molecule has 406 valence electrons. The van der Waals surface area contributed by atoms with Gasteiger partial charge in [0.1, 0.15) is 13.2 Å². The van der Waals surface area contributed by atoms with E-state index in [0.29, 0.717) is 19.3 Å². The van der Waals surface area contributed by atoms with Crippen molar-refractivity contribution in [2.45, 2.75) is 316 Å². The Kier molecular flexibility index (Phi) is 56.3. The van der Waals surface area contributed by atoms with Gasteiger partial charge in [0.15, 0.2) is 6.10 Å². The molecular weight excluding hydrogens is 865 g/mol. The molecule has 0 saturated heterocycles. The molecule has 0 spiro atoms. The maximum Gasteiger partial charge on any atom is 0.306 e. The summed E-state index contributed by atoms with van der Waals surface area (Å²) in [6, 6.07) is 0. The monoisotopic (exact) mass is 979 g/mol. The molecule has 0 bridgehead atoms. The van der Waals surface area contributed by atoms with Gasteiger partial charge in [-0.25, -0.2) is 0 Å². The van der Waals surface area contributed by atoms with Gasteiger partial charge in [0, 0.05) is 19.3 Å². The zero-order valence-electron chi connectivity index (χ0n) is 46.5. The van der Waals surface area contributed by atoms with Crippen LogP contribution in [0.5, 0.6) is 0 Å². The Morgan fingerprint density at radius 1 is 0.286 bits per heavy atom. The minimum absolute atomic E-state index is 0.0790. The highest BCUT2D eigenvalue weighted by Crippen LogP contribution is 2.16. The molecule has 1 atom stereocenters. The molecule has 0 aromatic heterocycles. The van der Waals surface area contributed by atoms with Gasteiger partial charge < -0.3 is 14.2 Å². The summed E-state index contributed by atoms with van der Waals surface area (Å²) in [5, 5.41) is 0. The Morgan fingerprint density at radius 2 is 0.514 bits per heavy atom. The van der Waals surface area contributed by atoms with Crippen molar-refractivity contribution in [3.8, 4) is 0 Å². The fourth-order valence-corrected chi connectivity index (χ4v) is 8.66. The molecule has 0 fully saturated rings. The van der Waals surface area contributed by atoms with Crippen molar-refractivity contribution in [2.75, 3.05) is 13.2 Å². The molecule has 0 heterocycles. The zero-order valence-corrected chi connectivity index (χ0v) is 46.5. The van der Waals surface area contributed by atoms with Gasteiger partial charge in [-0.15, -0.1) is 0 Å². The number of rotatable bonds is 55. The van der Waals surface area contributed by atoms with Gasteiger partial charge in [-0.3, -0.25) is 14.4 Å². The van der Waals surface area contributed by atoms with E-state index in [1.54, 1.807) is 0 Å². The summed E-state index contributed by atoms with van der Waals surface area (Å²) in [6.07, 6.45) is 73.5. The van der Waals surface area contributed by atoms with Gasteiger partial charge in [0.25, 0.3) is 0 Å². The summed E-state index contributed by atoms with van der Waals surface area (Å²) in [7, 11) is 0. The van der Waals surface area contributed by atoms with E-state index in [2.05, 4.69) is 81.5 Å². The van der Waals surface area contributed by atoms with Crippen LogP contribution in [0.15, 0.2) is 60.8 Å². The van der Waals surface area contributed by atoms with Crippen molar-refractivity contribution in [1.29, 1.82) is 0 Å². The van der Waals surface area contributed by atoms with E-state index in [0.717, 1.165) is 89.9 Å². The van der Waals surface area contributed by atoms with Crippen LogP contribution in [-0.4, -0.2) is 37.2 Å². The van der Waals surface area contributed by atoms with Gasteiger partial charge >= 0.3 is 17.9 Å². The predicted octanol–water partition coefficient (Wildman–Crippen LogP) is 20.4. The zero-order chi connectivity index (χ0) is 50.7. The van der Waals surface area contributed by atoms with Crippen molar-refractivity contribution in [3.63, 3.8) is 0 Å². The minimum Gasteiger partial charge on any atom is -0.462 e. The van der Waals surface area contributed by atoms with Crippen LogP contribution < -0.4 is 0 Å². The van der Waals surface area contributed by atoms with Gasteiger partial charge in [0.05, 0.1) is 0 Å². The van der Waals surface area contributed by atoms with Crippen LogP contribution in [-0.2, 0) is 28.6 Å². The SMILES string of the molecule is CCCCC/C=C\C/C=C\C/C=C\CCCCCCCCC(=O)OC[C@@H](COC(=O)CCCCCCCCCCCCCCCCCC)OC(=O)CCCCCCCCC/C=C\C/C=C\CCCCC. The van der Waals surface area contributed by atoms with E-state index in [-0.39, 0.29) is 31.1 Å². The van der Waals surface area contributed by atoms with E-state index < -0.39 is 6.10 Å². The van der Waals surface area contributed by atoms with E-state index in [4.69, 9.17) is 14.2 Å². The lowest BCUT2D eigenvalue weighted by Crippen LogP contribution is -2.30. The highest BCUT2D eigenvalue weighted by molar-refractivity contribution is 5.71. The van der Waals surface area contributed by atoms with Crippen LogP contribution in [0.1, 0.15) is 310 Å². The van der Waals surface area contributed by atoms with E-state index in [9.17, 15) is 14.4 Å². The third kappa shape index (κ3) is 56.0. The number of unbranched alkanes of at least 4 members (excludes halogenated alkanes) is 34. The first-order chi connectivity index (χ1) is 34.5. The molecule has 0 aromatic rings. The van der Waals surface area contributed by atoms with Crippen LogP contribution in [0.2, 0.25) is 0 Å². The lowest BCUT2D eigenvalue weighted by molar-refractivity contribution is -0.167. The average molecular weight is 980 g/mol. The molecular formula is C64H114O6. The Bertz CT molecular complexity index is 1260. The van der Waals surface area contributed by atoms with Gasteiger partial charge in [-0.05, 0) is 89.9 Å². The summed E-state index contributed by atoms with van der Waals surface area (Å²) in [6.45, 7) is 6.61. The Hall–Kier alpha value is -2.89. The van der Waals surface area contributed by atoms with Crippen molar-refractivity contribution in [3.05, 3.63) is 60.8 Å². The van der Waals surface area contributed by atoms with Gasteiger partial charge in [-0.1, -0.05) is 261 Å². The number of hydrogen-bond donors (Lipinski definition) is 0. The average Bonchev–Trinajstić information content (AvgIpc) is 3.36.